The summed E-state index contributed by atoms with van der Waals surface area (Å²) in [5, 5.41) is 10.2. The fourth-order valence-electron chi connectivity index (χ4n) is 1.82. The van der Waals surface area contributed by atoms with Crippen molar-refractivity contribution in [1.82, 2.24) is 9.96 Å². The van der Waals surface area contributed by atoms with Crippen LogP contribution in [0.5, 0.6) is 0 Å². The molecule has 100 valence electrons. The predicted octanol–water partition coefficient (Wildman–Crippen LogP) is 1.96. The summed E-state index contributed by atoms with van der Waals surface area (Å²) in [5.74, 6) is 0.287. The van der Waals surface area contributed by atoms with Crippen LogP contribution in [0.15, 0.2) is 0 Å². The average molecular weight is 244 g/mol. The largest absolute Gasteiger partial charge is 0.448 e. The van der Waals surface area contributed by atoms with E-state index in [1.807, 2.05) is 13.8 Å². The van der Waals surface area contributed by atoms with Gasteiger partial charge in [0.1, 0.15) is 0 Å². The number of amides is 1. The minimum atomic E-state index is -0.643. The third-order valence-electron chi connectivity index (χ3n) is 2.83. The smallest absolute Gasteiger partial charge is 0.433 e. The lowest BCUT2D eigenvalue weighted by atomic mass is 10.1. The molecule has 1 saturated heterocycles. The summed E-state index contributed by atoms with van der Waals surface area (Å²) in [7, 11) is 0. The van der Waals surface area contributed by atoms with Gasteiger partial charge >= 0.3 is 6.09 Å². The predicted molar refractivity (Wildman–Crippen MR) is 65.0 cm³/mol. The molecule has 1 aliphatic rings. The molecule has 0 saturated carbocycles. The number of ether oxygens (including phenoxy) is 1. The van der Waals surface area contributed by atoms with Crippen molar-refractivity contribution in [1.29, 1.82) is 0 Å². The molecule has 1 amide bonds. The van der Waals surface area contributed by atoms with Crippen molar-refractivity contribution < 1.29 is 14.7 Å². The van der Waals surface area contributed by atoms with E-state index in [2.05, 4.69) is 4.90 Å². The van der Waals surface area contributed by atoms with E-state index in [0.717, 1.165) is 13.1 Å². The number of likely N-dealkylation sites (tertiary alicyclic amines) is 1. The maximum absolute atomic E-state index is 11.4. The Balaban J connectivity index is 2.14. The molecule has 0 aromatic carbocycles. The van der Waals surface area contributed by atoms with Crippen molar-refractivity contribution >= 4 is 6.09 Å². The first-order valence-electron chi connectivity index (χ1n) is 6.45. The Kier molecular flexibility index (Phi) is 6.29. The van der Waals surface area contributed by atoms with Crippen LogP contribution in [0.1, 0.15) is 33.1 Å². The number of hydroxylamine groups is 2. The fourth-order valence-corrected chi connectivity index (χ4v) is 1.82. The van der Waals surface area contributed by atoms with Crippen LogP contribution < -0.4 is 0 Å². The van der Waals surface area contributed by atoms with E-state index in [9.17, 15) is 10.0 Å². The van der Waals surface area contributed by atoms with Gasteiger partial charge in [0.05, 0.1) is 13.2 Å². The SMILES string of the molecule is CC(C)COC(=O)N(O)CCN1CCCCC1. The zero-order chi connectivity index (χ0) is 12.7. The number of hydrogen-bond acceptors (Lipinski definition) is 4. The summed E-state index contributed by atoms with van der Waals surface area (Å²) in [6, 6.07) is 0. The molecule has 17 heavy (non-hydrogen) atoms. The van der Waals surface area contributed by atoms with Crippen molar-refractivity contribution in [3.63, 3.8) is 0 Å². The van der Waals surface area contributed by atoms with E-state index >= 15 is 0 Å². The summed E-state index contributed by atoms with van der Waals surface area (Å²) in [6.07, 6.45) is 3.07. The fraction of sp³-hybridized carbons (Fsp3) is 0.917. The Hall–Kier alpha value is -0.810. The second-order valence-electron chi connectivity index (χ2n) is 5.00. The van der Waals surface area contributed by atoms with Crippen LogP contribution in [0.25, 0.3) is 0 Å². The van der Waals surface area contributed by atoms with Gasteiger partial charge < -0.3 is 9.64 Å². The molecule has 1 fully saturated rings. The lowest BCUT2D eigenvalue weighted by Gasteiger charge is -2.27. The maximum Gasteiger partial charge on any atom is 0.433 e. The third kappa shape index (κ3) is 5.89. The summed E-state index contributed by atoms with van der Waals surface area (Å²) >= 11 is 0. The van der Waals surface area contributed by atoms with Gasteiger partial charge in [0.25, 0.3) is 0 Å². The van der Waals surface area contributed by atoms with Gasteiger partial charge in [0.15, 0.2) is 0 Å². The van der Waals surface area contributed by atoms with Gasteiger partial charge in [0.2, 0.25) is 0 Å². The molecule has 0 aromatic heterocycles. The van der Waals surface area contributed by atoms with Crippen molar-refractivity contribution in [3.05, 3.63) is 0 Å². The van der Waals surface area contributed by atoms with Crippen LogP contribution in [0.2, 0.25) is 0 Å². The number of carbonyl (C=O) groups is 1. The molecule has 0 radical (unpaired) electrons. The van der Waals surface area contributed by atoms with Crippen LogP contribution in [0.3, 0.4) is 0 Å². The summed E-state index contributed by atoms with van der Waals surface area (Å²) < 4.78 is 4.92. The van der Waals surface area contributed by atoms with Crippen molar-refractivity contribution in [2.75, 3.05) is 32.8 Å². The highest BCUT2D eigenvalue weighted by Crippen LogP contribution is 2.08. The van der Waals surface area contributed by atoms with Gasteiger partial charge in [-0.25, -0.2) is 4.79 Å². The Bertz CT molecular complexity index is 228. The second-order valence-corrected chi connectivity index (χ2v) is 5.00. The van der Waals surface area contributed by atoms with Crippen LogP contribution in [0.4, 0.5) is 4.79 Å². The van der Waals surface area contributed by atoms with Crippen LogP contribution in [0, 0.1) is 5.92 Å². The van der Waals surface area contributed by atoms with Gasteiger partial charge in [-0.15, -0.1) is 0 Å². The van der Waals surface area contributed by atoms with Crippen molar-refractivity contribution in [2.45, 2.75) is 33.1 Å². The quantitative estimate of drug-likeness (QED) is 0.593. The van der Waals surface area contributed by atoms with E-state index in [0.29, 0.717) is 24.8 Å². The molecule has 1 heterocycles. The number of rotatable bonds is 5. The average Bonchev–Trinajstić information content (AvgIpc) is 2.34. The van der Waals surface area contributed by atoms with Gasteiger partial charge in [-0.05, 0) is 31.8 Å². The lowest BCUT2D eigenvalue weighted by molar-refractivity contribution is -0.0799. The second kappa shape index (κ2) is 7.50. The highest BCUT2D eigenvalue weighted by Gasteiger charge is 2.15. The van der Waals surface area contributed by atoms with Crippen molar-refractivity contribution in [2.24, 2.45) is 5.92 Å². The molecule has 0 atom stereocenters. The molecular formula is C12H24N2O3. The zero-order valence-electron chi connectivity index (χ0n) is 10.9. The lowest BCUT2D eigenvalue weighted by Crippen LogP contribution is -2.39. The highest BCUT2D eigenvalue weighted by molar-refractivity contribution is 5.65. The summed E-state index contributed by atoms with van der Waals surface area (Å²) in [6.45, 7) is 7.43. The molecular weight excluding hydrogens is 220 g/mol. The molecule has 5 nitrogen and oxygen atoms in total. The van der Waals surface area contributed by atoms with E-state index in [1.54, 1.807) is 0 Å². The molecule has 0 unspecified atom stereocenters. The molecule has 1 rings (SSSR count). The molecule has 0 aromatic rings. The standard InChI is InChI=1S/C12H24N2O3/c1-11(2)10-17-12(15)14(16)9-8-13-6-4-3-5-7-13/h11,16H,3-10H2,1-2H3. The number of piperidine rings is 1. The van der Waals surface area contributed by atoms with Gasteiger partial charge in [-0.2, -0.15) is 5.06 Å². The molecule has 0 aliphatic carbocycles. The van der Waals surface area contributed by atoms with Crippen LogP contribution in [-0.2, 0) is 4.74 Å². The van der Waals surface area contributed by atoms with E-state index < -0.39 is 6.09 Å². The normalized spacial score (nSPS) is 17.2. The first-order valence-corrected chi connectivity index (χ1v) is 6.45. The number of nitrogens with zero attached hydrogens (tertiary/aromatic N) is 2. The molecule has 1 aliphatic heterocycles. The zero-order valence-corrected chi connectivity index (χ0v) is 10.9. The Morgan fingerprint density at radius 1 is 1.35 bits per heavy atom. The Morgan fingerprint density at radius 2 is 2.00 bits per heavy atom. The van der Waals surface area contributed by atoms with E-state index in [1.165, 1.54) is 19.3 Å². The topological polar surface area (TPSA) is 53.0 Å². The molecule has 0 bridgehead atoms. The first kappa shape index (κ1) is 14.3. The highest BCUT2D eigenvalue weighted by atomic mass is 16.6. The van der Waals surface area contributed by atoms with Gasteiger partial charge in [0, 0.05) is 6.54 Å². The molecule has 0 spiro atoms. The van der Waals surface area contributed by atoms with E-state index in [4.69, 9.17) is 4.74 Å². The number of carbonyl (C=O) groups excluding carboxylic acids is 1. The monoisotopic (exact) mass is 244 g/mol. The van der Waals surface area contributed by atoms with E-state index in [-0.39, 0.29) is 5.92 Å². The Morgan fingerprint density at radius 3 is 2.59 bits per heavy atom. The first-order chi connectivity index (χ1) is 8.09. The summed E-state index contributed by atoms with van der Waals surface area (Å²) in [4.78, 5) is 13.6. The maximum atomic E-state index is 11.4. The van der Waals surface area contributed by atoms with Gasteiger partial charge in [-0.3, -0.25) is 5.21 Å². The van der Waals surface area contributed by atoms with Gasteiger partial charge in [-0.1, -0.05) is 20.3 Å². The third-order valence-corrected chi connectivity index (χ3v) is 2.83. The van der Waals surface area contributed by atoms with Crippen LogP contribution >= 0.6 is 0 Å². The minimum absolute atomic E-state index is 0.287. The molecule has 1 N–H and O–H groups in total. The number of hydrogen-bond donors (Lipinski definition) is 1. The minimum Gasteiger partial charge on any atom is -0.448 e. The van der Waals surface area contributed by atoms with Crippen molar-refractivity contribution in [3.8, 4) is 0 Å². The van der Waals surface area contributed by atoms with Crippen LogP contribution in [-0.4, -0.2) is 54.0 Å². The summed E-state index contributed by atoms with van der Waals surface area (Å²) in [5.41, 5.74) is 0. The molecule has 5 heteroatoms. The Labute approximate surface area is 103 Å².